The third-order valence-electron chi connectivity index (χ3n) is 2.89. The van der Waals surface area contributed by atoms with Crippen LogP contribution in [0.25, 0.3) is 0 Å². The van der Waals surface area contributed by atoms with Gasteiger partial charge < -0.3 is 10.4 Å². The minimum atomic E-state index is -0.855. The zero-order valence-electron chi connectivity index (χ0n) is 9.50. The first-order valence-corrected chi connectivity index (χ1v) is 5.20. The third-order valence-corrected chi connectivity index (χ3v) is 2.89. The van der Waals surface area contributed by atoms with Crippen molar-refractivity contribution >= 4 is 5.91 Å². The first kappa shape index (κ1) is 12.0. The van der Waals surface area contributed by atoms with Crippen LogP contribution in [0.1, 0.15) is 33.6 Å². The van der Waals surface area contributed by atoms with Gasteiger partial charge in [0.15, 0.2) is 0 Å². The highest BCUT2D eigenvalue weighted by atomic mass is 16.3. The first-order valence-electron chi connectivity index (χ1n) is 5.20. The summed E-state index contributed by atoms with van der Waals surface area (Å²) in [4.78, 5) is 11.9. The Bertz CT molecular complexity index is 298. The Morgan fingerprint density at radius 2 is 2.20 bits per heavy atom. The van der Waals surface area contributed by atoms with E-state index in [-0.39, 0.29) is 12.5 Å². The quantitative estimate of drug-likeness (QED) is 0.724. The summed E-state index contributed by atoms with van der Waals surface area (Å²) >= 11 is 0. The average molecular weight is 210 g/mol. The van der Waals surface area contributed by atoms with Crippen LogP contribution in [0.15, 0.2) is 0 Å². The number of nitrogens with one attached hydrogen (secondary N) is 1. The smallest absolute Gasteiger partial charge is 0.240 e. The van der Waals surface area contributed by atoms with E-state index >= 15 is 0 Å². The van der Waals surface area contributed by atoms with E-state index in [1.54, 1.807) is 13.8 Å². The van der Waals surface area contributed by atoms with Crippen molar-refractivity contribution < 1.29 is 9.90 Å². The molecule has 0 atom stereocenters. The van der Waals surface area contributed by atoms with Crippen molar-refractivity contribution in [2.24, 2.45) is 11.3 Å². The lowest BCUT2D eigenvalue weighted by Gasteiger charge is -2.41. The number of nitrogens with zero attached hydrogens (tertiary/aromatic N) is 1. The molecule has 0 aromatic carbocycles. The van der Waals surface area contributed by atoms with E-state index in [4.69, 9.17) is 10.4 Å². The minimum Gasteiger partial charge on any atom is -0.394 e. The summed E-state index contributed by atoms with van der Waals surface area (Å²) in [6.45, 7) is 5.37. The molecule has 0 radical (unpaired) electrons. The summed E-state index contributed by atoms with van der Waals surface area (Å²) in [7, 11) is 0. The summed E-state index contributed by atoms with van der Waals surface area (Å²) in [6, 6.07) is 2.10. The number of hydrogen-bond acceptors (Lipinski definition) is 3. The molecule has 1 fully saturated rings. The van der Waals surface area contributed by atoms with E-state index in [1.807, 2.05) is 6.92 Å². The second-order valence-electron chi connectivity index (χ2n) is 5.20. The zero-order chi connectivity index (χ0) is 11.7. The molecule has 4 nitrogen and oxygen atoms in total. The maximum absolute atomic E-state index is 11.9. The Kier molecular flexibility index (Phi) is 3.05. The Labute approximate surface area is 90.3 Å². The number of nitriles is 1. The van der Waals surface area contributed by atoms with Crippen LogP contribution >= 0.6 is 0 Å². The van der Waals surface area contributed by atoms with Gasteiger partial charge in [-0.15, -0.1) is 0 Å². The van der Waals surface area contributed by atoms with Gasteiger partial charge in [0.2, 0.25) is 5.91 Å². The standard InChI is InChI=1S/C11H18N2O2/c1-8-4-11(5-8,6-12)9(15)13-10(2,3)7-14/h8,14H,4-5,7H2,1-3H3,(H,13,15). The van der Waals surface area contributed by atoms with Gasteiger partial charge in [-0.25, -0.2) is 0 Å². The van der Waals surface area contributed by atoms with Crippen LogP contribution in [0.3, 0.4) is 0 Å². The fourth-order valence-electron chi connectivity index (χ4n) is 1.92. The van der Waals surface area contributed by atoms with Crippen LogP contribution in [0.2, 0.25) is 0 Å². The fourth-order valence-corrected chi connectivity index (χ4v) is 1.92. The molecular weight excluding hydrogens is 192 g/mol. The summed E-state index contributed by atoms with van der Waals surface area (Å²) in [5.41, 5.74) is -1.51. The highest BCUT2D eigenvalue weighted by molar-refractivity contribution is 5.87. The van der Waals surface area contributed by atoms with Crippen LogP contribution < -0.4 is 5.32 Å². The maximum atomic E-state index is 11.9. The van der Waals surface area contributed by atoms with E-state index in [2.05, 4.69) is 11.4 Å². The van der Waals surface area contributed by atoms with Crippen molar-refractivity contribution in [3.05, 3.63) is 0 Å². The normalized spacial score (nSPS) is 30.2. The second kappa shape index (κ2) is 3.82. The highest BCUT2D eigenvalue weighted by Crippen LogP contribution is 2.45. The topological polar surface area (TPSA) is 73.1 Å². The van der Waals surface area contributed by atoms with Gasteiger partial charge in [0, 0.05) is 0 Å². The van der Waals surface area contributed by atoms with E-state index in [1.165, 1.54) is 0 Å². The molecule has 2 N–H and O–H groups in total. The van der Waals surface area contributed by atoms with Crippen LogP contribution in [-0.2, 0) is 4.79 Å². The van der Waals surface area contributed by atoms with Gasteiger partial charge in [0.1, 0.15) is 5.41 Å². The van der Waals surface area contributed by atoms with E-state index in [0.29, 0.717) is 18.8 Å². The molecule has 1 amide bonds. The molecule has 0 heterocycles. The third kappa shape index (κ3) is 2.29. The highest BCUT2D eigenvalue weighted by Gasteiger charge is 2.49. The Hall–Kier alpha value is -1.08. The molecule has 0 saturated heterocycles. The maximum Gasteiger partial charge on any atom is 0.240 e. The van der Waals surface area contributed by atoms with Gasteiger partial charge in [0.05, 0.1) is 18.2 Å². The molecule has 1 aliphatic carbocycles. The number of aliphatic hydroxyl groups is 1. The molecule has 0 aromatic heterocycles. The lowest BCUT2D eigenvalue weighted by atomic mass is 9.63. The summed E-state index contributed by atoms with van der Waals surface area (Å²) in [5, 5.41) is 20.8. The summed E-state index contributed by atoms with van der Waals surface area (Å²) < 4.78 is 0. The van der Waals surface area contributed by atoms with Crippen LogP contribution in [0.4, 0.5) is 0 Å². The molecule has 0 spiro atoms. The molecule has 4 heteroatoms. The molecule has 0 unspecified atom stereocenters. The number of amides is 1. The molecule has 15 heavy (non-hydrogen) atoms. The first-order chi connectivity index (χ1) is 6.85. The van der Waals surface area contributed by atoms with Gasteiger partial charge in [-0.1, -0.05) is 6.92 Å². The molecule has 0 aliphatic heterocycles. The molecular formula is C11H18N2O2. The number of aliphatic hydroxyl groups excluding tert-OH is 1. The van der Waals surface area contributed by atoms with Gasteiger partial charge >= 0.3 is 0 Å². The fraction of sp³-hybridized carbons (Fsp3) is 0.818. The van der Waals surface area contributed by atoms with Crippen molar-refractivity contribution in [1.29, 1.82) is 5.26 Å². The van der Waals surface area contributed by atoms with Crippen LogP contribution in [-0.4, -0.2) is 23.2 Å². The Balaban J connectivity index is 2.65. The second-order valence-corrected chi connectivity index (χ2v) is 5.20. The molecule has 1 saturated carbocycles. The van der Waals surface area contributed by atoms with E-state index < -0.39 is 11.0 Å². The predicted octanol–water partition coefficient (Wildman–Crippen LogP) is 0.813. The van der Waals surface area contributed by atoms with Crippen molar-refractivity contribution in [1.82, 2.24) is 5.32 Å². The predicted molar refractivity (Wildman–Crippen MR) is 55.8 cm³/mol. The summed E-state index contributed by atoms with van der Waals surface area (Å²) in [5.74, 6) is 0.190. The van der Waals surface area contributed by atoms with Gasteiger partial charge in [-0.2, -0.15) is 5.26 Å². The van der Waals surface area contributed by atoms with Crippen molar-refractivity contribution in [2.45, 2.75) is 39.2 Å². The van der Waals surface area contributed by atoms with Crippen LogP contribution in [0, 0.1) is 22.7 Å². The SMILES string of the molecule is CC1CC(C#N)(C(=O)NC(C)(C)CO)C1. The molecule has 0 aromatic rings. The monoisotopic (exact) mass is 210 g/mol. The number of rotatable bonds is 3. The van der Waals surface area contributed by atoms with Gasteiger partial charge in [-0.05, 0) is 32.6 Å². The molecule has 84 valence electrons. The number of hydrogen-bond donors (Lipinski definition) is 2. The van der Waals surface area contributed by atoms with E-state index in [9.17, 15) is 4.79 Å². The van der Waals surface area contributed by atoms with Crippen molar-refractivity contribution in [2.75, 3.05) is 6.61 Å². The zero-order valence-corrected chi connectivity index (χ0v) is 9.50. The number of carbonyl (C=O) groups excluding carboxylic acids is 1. The molecule has 1 rings (SSSR count). The Morgan fingerprint density at radius 3 is 2.53 bits per heavy atom. The van der Waals surface area contributed by atoms with Gasteiger partial charge in [-0.3, -0.25) is 4.79 Å². The molecule has 1 aliphatic rings. The van der Waals surface area contributed by atoms with Crippen molar-refractivity contribution in [3.8, 4) is 6.07 Å². The Morgan fingerprint density at radius 1 is 1.67 bits per heavy atom. The molecule has 0 bridgehead atoms. The van der Waals surface area contributed by atoms with E-state index in [0.717, 1.165) is 0 Å². The summed E-state index contributed by atoms with van der Waals surface area (Å²) in [6.07, 6.45) is 1.24. The minimum absolute atomic E-state index is 0.129. The average Bonchev–Trinajstić information content (AvgIpc) is 2.11. The lowest BCUT2D eigenvalue weighted by molar-refractivity contribution is -0.136. The van der Waals surface area contributed by atoms with Gasteiger partial charge in [0.25, 0.3) is 0 Å². The van der Waals surface area contributed by atoms with Crippen LogP contribution in [0.5, 0.6) is 0 Å². The van der Waals surface area contributed by atoms with Crippen molar-refractivity contribution in [3.63, 3.8) is 0 Å². The number of carbonyl (C=O) groups is 1. The largest absolute Gasteiger partial charge is 0.394 e. The lowest BCUT2D eigenvalue weighted by Crippen LogP contribution is -2.55.